The Morgan fingerprint density at radius 1 is 0.407 bits per heavy atom. The van der Waals surface area contributed by atoms with Crippen molar-refractivity contribution in [2.45, 2.75) is 26.2 Å². The zero-order valence-corrected chi connectivity index (χ0v) is 31.7. The summed E-state index contributed by atoms with van der Waals surface area (Å²) in [6.07, 6.45) is 0. The van der Waals surface area contributed by atoms with Gasteiger partial charge in [-0.1, -0.05) is 191 Å². The van der Waals surface area contributed by atoms with E-state index < -0.39 is 8.07 Å². The average Bonchev–Trinajstić information content (AvgIpc) is 3.57. The van der Waals surface area contributed by atoms with Crippen LogP contribution in [0, 0.1) is 0 Å². The van der Waals surface area contributed by atoms with Crippen molar-refractivity contribution in [3.05, 3.63) is 194 Å². The molecule has 0 radical (unpaired) electrons. The second kappa shape index (κ2) is 13.5. The third-order valence-corrected chi connectivity index (χ3v) is 15.3. The van der Waals surface area contributed by atoms with E-state index in [1.165, 1.54) is 26.3 Å². The number of fused-ring (bicyclic) bond motifs is 3. The monoisotopic (exact) mass is 712 g/mol. The van der Waals surface area contributed by atoms with Crippen molar-refractivity contribution in [3.63, 3.8) is 0 Å². The van der Waals surface area contributed by atoms with E-state index in [2.05, 4.69) is 195 Å². The lowest BCUT2D eigenvalue weighted by Crippen LogP contribution is -2.74. The molecule has 0 aliphatic heterocycles. The van der Waals surface area contributed by atoms with E-state index in [0.29, 0.717) is 17.6 Å². The molecule has 0 saturated heterocycles. The van der Waals surface area contributed by atoms with Gasteiger partial charge in [-0.2, -0.15) is 9.97 Å². The highest BCUT2D eigenvalue weighted by atomic mass is 28.3. The predicted molar refractivity (Wildman–Crippen MR) is 227 cm³/mol. The fourth-order valence-electron chi connectivity index (χ4n) is 7.92. The molecule has 0 atom stereocenters. The van der Waals surface area contributed by atoms with E-state index in [0.717, 1.165) is 32.9 Å². The van der Waals surface area contributed by atoms with Crippen LogP contribution in [-0.2, 0) is 5.41 Å². The van der Waals surface area contributed by atoms with Crippen LogP contribution < -0.4 is 20.7 Å². The van der Waals surface area contributed by atoms with Crippen LogP contribution in [0.1, 0.15) is 26.3 Å². The van der Waals surface area contributed by atoms with E-state index in [4.69, 9.17) is 15.0 Å². The van der Waals surface area contributed by atoms with Gasteiger partial charge in [0, 0.05) is 21.9 Å². The molecule has 0 aliphatic carbocycles. The van der Waals surface area contributed by atoms with Gasteiger partial charge in [0.25, 0.3) is 0 Å². The molecular weight excluding hydrogens is 673 g/mol. The molecular formula is C49H40N4Si. The van der Waals surface area contributed by atoms with E-state index in [9.17, 15) is 0 Å². The zero-order chi connectivity index (χ0) is 36.7. The van der Waals surface area contributed by atoms with Gasteiger partial charge in [-0.25, -0.2) is 4.98 Å². The van der Waals surface area contributed by atoms with E-state index in [1.54, 1.807) is 0 Å². The third kappa shape index (κ3) is 5.74. The second-order valence-electron chi connectivity index (χ2n) is 14.9. The van der Waals surface area contributed by atoms with Gasteiger partial charge in [0.2, 0.25) is 5.95 Å². The molecule has 9 rings (SSSR count). The Bertz CT molecular complexity index is 2590. The smallest absolute Gasteiger partial charge is 0.238 e. The van der Waals surface area contributed by atoms with Crippen molar-refractivity contribution < 1.29 is 0 Å². The molecule has 54 heavy (non-hydrogen) atoms. The van der Waals surface area contributed by atoms with Crippen molar-refractivity contribution in [2.24, 2.45) is 0 Å². The quantitative estimate of drug-likeness (QED) is 0.122. The predicted octanol–water partition coefficient (Wildman–Crippen LogP) is 8.98. The van der Waals surface area contributed by atoms with Crippen molar-refractivity contribution in [2.75, 3.05) is 0 Å². The number of hydrogen-bond acceptors (Lipinski definition) is 3. The van der Waals surface area contributed by atoms with Gasteiger partial charge in [-0.15, -0.1) is 0 Å². The maximum absolute atomic E-state index is 5.39. The molecule has 0 bridgehead atoms. The number of aromatic nitrogens is 4. The molecule has 260 valence electrons. The second-order valence-corrected chi connectivity index (χ2v) is 18.7. The van der Waals surface area contributed by atoms with Crippen LogP contribution in [0.2, 0.25) is 0 Å². The number of hydrogen-bond donors (Lipinski definition) is 0. The Labute approximate surface area is 317 Å². The molecule has 0 fully saturated rings. The lowest BCUT2D eigenvalue weighted by Gasteiger charge is -2.36. The van der Waals surface area contributed by atoms with E-state index in [1.807, 2.05) is 18.2 Å². The molecule has 9 aromatic rings. The Hall–Kier alpha value is -6.43. The first-order valence-corrected chi connectivity index (χ1v) is 20.5. The summed E-state index contributed by atoms with van der Waals surface area (Å²) >= 11 is 0. The van der Waals surface area contributed by atoms with Gasteiger partial charge in [0.15, 0.2) is 19.7 Å². The molecule has 2 heterocycles. The molecule has 0 aliphatic rings. The first-order chi connectivity index (χ1) is 26.4. The van der Waals surface area contributed by atoms with Crippen LogP contribution in [0.3, 0.4) is 0 Å². The van der Waals surface area contributed by atoms with Crippen molar-refractivity contribution in [1.82, 2.24) is 19.5 Å². The minimum Gasteiger partial charge on any atom is -0.278 e. The fraction of sp³-hybridized carbons (Fsp3) is 0.0816. The lowest BCUT2D eigenvalue weighted by molar-refractivity contribution is 0.591. The highest BCUT2D eigenvalue weighted by Crippen LogP contribution is 2.33. The van der Waals surface area contributed by atoms with Gasteiger partial charge < -0.3 is 0 Å². The standard InChI is InChI=1S/C49H40N4Si/c1-49(2,3)37-32-36(33-41(34-37)54(38-22-10-5-11-23-38,39-24-12-6-13-25-39)40-26-14-7-15-27-40)47-50-46(35-20-8-4-9-21-35)51-48(52-47)53-44-30-18-16-28-42(44)43-29-17-19-31-45(43)53/h4-34H,1-3H3. The Morgan fingerprint density at radius 3 is 1.31 bits per heavy atom. The largest absolute Gasteiger partial charge is 0.278 e. The van der Waals surface area contributed by atoms with Crippen LogP contribution in [0.4, 0.5) is 0 Å². The summed E-state index contributed by atoms with van der Waals surface area (Å²) in [5.41, 5.74) is 5.11. The molecule has 0 saturated carbocycles. The number of benzene rings is 7. The topological polar surface area (TPSA) is 43.6 Å². The van der Waals surface area contributed by atoms with Crippen LogP contribution >= 0.6 is 0 Å². The highest BCUT2D eigenvalue weighted by Gasteiger charge is 2.42. The number of nitrogens with zero attached hydrogens (tertiary/aromatic N) is 4. The SMILES string of the molecule is CC(C)(C)c1cc(-c2nc(-c3ccccc3)nc(-n3c4ccccc4c4ccccc43)n2)cc([Si](c2ccccc2)(c2ccccc2)c2ccccc2)c1. The summed E-state index contributed by atoms with van der Waals surface area (Å²) < 4.78 is 2.19. The van der Waals surface area contributed by atoms with Crippen LogP contribution in [-0.4, -0.2) is 27.6 Å². The third-order valence-electron chi connectivity index (χ3n) is 10.5. The first-order valence-electron chi connectivity index (χ1n) is 18.5. The molecule has 0 unspecified atom stereocenters. The fourth-order valence-corrected chi connectivity index (χ4v) is 12.7. The molecule has 0 N–H and O–H groups in total. The molecule has 0 spiro atoms. The van der Waals surface area contributed by atoms with Crippen LogP contribution in [0.25, 0.3) is 50.5 Å². The molecule has 5 heteroatoms. The first kappa shape index (κ1) is 33.4. The van der Waals surface area contributed by atoms with Crippen molar-refractivity contribution in [1.29, 1.82) is 0 Å². The Morgan fingerprint density at radius 2 is 0.833 bits per heavy atom. The summed E-state index contributed by atoms with van der Waals surface area (Å²) in [5.74, 6) is 1.87. The van der Waals surface area contributed by atoms with Gasteiger partial charge in [0.1, 0.15) is 0 Å². The molecule has 7 aromatic carbocycles. The van der Waals surface area contributed by atoms with E-state index in [-0.39, 0.29) is 5.41 Å². The summed E-state index contributed by atoms with van der Waals surface area (Å²) in [7, 11) is -2.87. The summed E-state index contributed by atoms with van der Waals surface area (Å²) in [5, 5.41) is 7.59. The van der Waals surface area contributed by atoms with Gasteiger partial charge in [0.05, 0.1) is 11.0 Å². The van der Waals surface area contributed by atoms with Crippen LogP contribution in [0.15, 0.2) is 188 Å². The average molecular weight is 713 g/mol. The maximum atomic E-state index is 5.39. The number of para-hydroxylation sites is 2. The summed E-state index contributed by atoms with van der Waals surface area (Å²) in [4.78, 5) is 15.9. The molecule has 0 amide bonds. The molecule has 2 aromatic heterocycles. The Kier molecular flexibility index (Phi) is 8.36. The highest BCUT2D eigenvalue weighted by molar-refractivity contribution is 7.19. The summed E-state index contributed by atoms with van der Waals surface area (Å²) in [6, 6.07) is 67.6. The van der Waals surface area contributed by atoms with Gasteiger partial charge in [-0.05, 0) is 49.9 Å². The van der Waals surface area contributed by atoms with E-state index >= 15 is 0 Å². The summed E-state index contributed by atoms with van der Waals surface area (Å²) in [6.45, 7) is 6.87. The van der Waals surface area contributed by atoms with Gasteiger partial charge >= 0.3 is 0 Å². The van der Waals surface area contributed by atoms with Crippen LogP contribution in [0.5, 0.6) is 0 Å². The van der Waals surface area contributed by atoms with Crippen molar-refractivity contribution >= 4 is 50.6 Å². The zero-order valence-electron chi connectivity index (χ0n) is 30.7. The minimum absolute atomic E-state index is 0.153. The number of rotatable bonds is 7. The molecule has 4 nitrogen and oxygen atoms in total. The van der Waals surface area contributed by atoms with Gasteiger partial charge in [-0.3, -0.25) is 4.57 Å². The normalized spacial score (nSPS) is 12.0. The lowest BCUT2D eigenvalue weighted by atomic mass is 9.86. The maximum Gasteiger partial charge on any atom is 0.238 e. The minimum atomic E-state index is -2.87. The Balaban J connectivity index is 1.38. The van der Waals surface area contributed by atoms with Crippen molar-refractivity contribution in [3.8, 4) is 28.7 Å².